The first-order valence-corrected chi connectivity index (χ1v) is 8.37. The minimum Gasteiger partial charge on any atom is -0.468 e. The van der Waals surface area contributed by atoms with Crippen molar-refractivity contribution in [2.24, 2.45) is 0 Å². The van der Waals surface area contributed by atoms with E-state index in [0.29, 0.717) is 13.0 Å². The third-order valence-corrected chi connectivity index (χ3v) is 5.10. The summed E-state index contributed by atoms with van der Waals surface area (Å²) >= 11 is 0. The number of hydrogen-bond donors (Lipinski definition) is 1. The van der Waals surface area contributed by atoms with Crippen LogP contribution >= 0.6 is 0 Å². The molecule has 1 aromatic carbocycles. The summed E-state index contributed by atoms with van der Waals surface area (Å²) in [5, 5.41) is 0. The molecule has 0 spiro atoms. The van der Waals surface area contributed by atoms with E-state index in [9.17, 15) is 13.2 Å². The lowest BCUT2D eigenvalue weighted by Gasteiger charge is -2.32. The standard InChI is InChI=1S/C14H20N2O4S/c1-20-14(17)13-9-5-6-10-16(13)21(18,19)15-11-12-7-3-2-4-8-12/h2-4,7-8,13,15H,5-6,9-11H2,1H3/t13-/m0/s1. The summed E-state index contributed by atoms with van der Waals surface area (Å²) < 4.78 is 33.3. The van der Waals surface area contributed by atoms with Gasteiger partial charge in [0, 0.05) is 13.1 Å². The maximum atomic E-state index is 12.4. The number of benzene rings is 1. The van der Waals surface area contributed by atoms with Crippen LogP contribution in [0.1, 0.15) is 24.8 Å². The summed E-state index contributed by atoms with van der Waals surface area (Å²) in [6.07, 6.45) is 2.07. The van der Waals surface area contributed by atoms with Crippen molar-refractivity contribution >= 4 is 16.2 Å². The fraction of sp³-hybridized carbons (Fsp3) is 0.500. The smallest absolute Gasteiger partial charge is 0.324 e. The molecule has 0 saturated carbocycles. The maximum Gasteiger partial charge on any atom is 0.324 e. The number of nitrogens with one attached hydrogen (secondary N) is 1. The van der Waals surface area contributed by atoms with Gasteiger partial charge in [0.2, 0.25) is 0 Å². The van der Waals surface area contributed by atoms with E-state index in [1.165, 1.54) is 11.4 Å². The Morgan fingerprint density at radius 3 is 2.71 bits per heavy atom. The zero-order chi connectivity index (χ0) is 15.3. The van der Waals surface area contributed by atoms with Crippen LogP contribution in [0.2, 0.25) is 0 Å². The Hall–Kier alpha value is -1.44. The molecule has 0 radical (unpaired) electrons. The van der Waals surface area contributed by atoms with Gasteiger partial charge in [0.15, 0.2) is 0 Å². The SMILES string of the molecule is COC(=O)[C@@H]1CCCCN1S(=O)(=O)NCc1ccccc1. The van der Waals surface area contributed by atoms with E-state index in [4.69, 9.17) is 4.74 Å². The molecule has 1 aromatic rings. The number of carbonyl (C=O) groups is 1. The fourth-order valence-corrected chi connectivity index (χ4v) is 3.83. The van der Waals surface area contributed by atoms with Gasteiger partial charge in [0.25, 0.3) is 10.2 Å². The van der Waals surface area contributed by atoms with Crippen LogP contribution in [0.5, 0.6) is 0 Å². The van der Waals surface area contributed by atoms with Crippen molar-refractivity contribution in [1.82, 2.24) is 9.03 Å². The first-order chi connectivity index (χ1) is 10.0. The quantitative estimate of drug-likeness (QED) is 0.825. The Labute approximate surface area is 125 Å². The second-order valence-electron chi connectivity index (χ2n) is 4.96. The molecule has 1 fully saturated rings. The Balaban J connectivity index is 2.07. The largest absolute Gasteiger partial charge is 0.468 e. The number of esters is 1. The summed E-state index contributed by atoms with van der Waals surface area (Å²) in [7, 11) is -2.43. The molecule has 6 nitrogen and oxygen atoms in total. The molecule has 116 valence electrons. The number of ether oxygens (including phenoxy) is 1. The highest BCUT2D eigenvalue weighted by molar-refractivity contribution is 7.87. The van der Waals surface area contributed by atoms with Crippen molar-refractivity contribution in [3.05, 3.63) is 35.9 Å². The predicted molar refractivity (Wildman–Crippen MR) is 78.6 cm³/mol. The lowest BCUT2D eigenvalue weighted by atomic mass is 10.1. The van der Waals surface area contributed by atoms with Gasteiger partial charge in [-0.25, -0.2) is 0 Å². The summed E-state index contributed by atoms with van der Waals surface area (Å²) in [6, 6.07) is 8.53. The van der Waals surface area contributed by atoms with Crippen molar-refractivity contribution in [3.8, 4) is 0 Å². The van der Waals surface area contributed by atoms with E-state index in [-0.39, 0.29) is 6.54 Å². The van der Waals surface area contributed by atoms with Crippen molar-refractivity contribution in [2.45, 2.75) is 31.8 Å². The van der Waals surface area contributed by atoms with Crippen molar-refractivity contribution in [3.63, 3.8) is 0 Å². The van der Waals surface area contributed by atoms with Crippen LogP contribution in [0.25, 0.3) is 0 Å². The molecular weight excluding hydrogens is 292 g/mol. The predicted octanol–water partition coefficient (Wildman–Crippen LogP) is 1.05. The summed E-state index contributed by atoms with van der Waals surface area (Å²) in [5.41, 5.74) is 0.868. The van der Waals surface area contributed by atoms with Gasteiger partial charge in [0.05, 0.1) is 7.11 Å². The lowest BCUT2D eigenvalue weighted by Crippen LogP contribution is -2.52. The summed E-state index contributed by atoms with van der Waals surface area (Å²) in [5.74, 6) is -0.500. The first kappa shape index (κ1) is 15.9. The Kier molecular flexibility index (Phi) is 5.33. The molecule has 7 heteroatoms. The minimum atomic E-state index is -3.70. The minimum absolute atomic E-state index is 0.202. The van der Waals surface area contributed by atoms with Crippen LogP contribution in [-0.2, 0) is 26.3 Å². The number of carbonyl (C=O) groups excluding carboxylic acids is 1. The molecule has 0 aliphatic carbocycles. The van der Waals surface area contributed by atoms with E-state index in [0.717, 1.165) is 18.4 Å². The van der Waals surface area contributed by atoms with E-state index < -0.39 is 22.2 Å². The van der Waals surface area contributed by atoms with Gasteiger partial charge in [-0.1, -0.05) is 30.3 Å². The summed E-state index contributed by atoms with van der Waals surface area (Å²) in [4.78, 5) is 11.7. The Morgan fingerprint density at radius 2 is 2.05 bits per heavy atom. The van der Waals surface area contributed by atoms with Crippen molar-refractivity contribution < 1.29 is 17.9 Å². The number of piperidine rings is 1. The topological polar surface area (TPSA) is 75.7 Å². The molecule has 0 aromatic heterocycles. The number of rotatable bonds is 5. The summed E-state index contributed by atoms with van der Waals surface area (Å²) in [6.45, 7) is 0.539. The molecule has 1 aliphatic heterocycles. The van der Waals surface area contributed by atoms with Crippen LogP contribution in [0.15, 0.2) is 30.3 Å². The Morgan fingerprint density at radius 1 is 1.33 bits per heavy atom. The maximum absolute atomic E-state index is 12.4. The van der Waals surface area contributed by atoms with Gasteiger partial charge >= 0.3 is 5.97 Å². The van der Waals surface area contributed by atoms with Gasteiger partial charge in [-0.15, -0.1) is 0 Å². The van der Waals surface area contributed by atoms with Crippen LogP contribution in [-0.4, -0.2) is 38.4 Å². The second-order valence-corrected chi connectivity index (χ2v) is 6.67. The highest BCUT2D eigenvalue weighted by Crippen LogP contribution is 2.21. The van der Waals surface area contributed by atoms with E-state index in [1.807, 2.05) is 30.3 Å². The third-order valence-electron chi connectivity index (χ3n) is 3.54. The van der Waals surface area contributed by atoms with Gasteiger partial charge in [-0.2, -0.15) is 17.4 Å². The average Bonchev–Trinajstić information content (AvgIpc) is 2.53. The number of methoxy groups -OCH3 is 1. The van der Waals surface area contributed by atoms with Gasteiger partial charge < -0.3 is 4.74 Å². The van der Waals surface area contributed by atoms with Crippen LogP contribution < -0.4 is 4.72 Å². The van der Waals surface area contributed by atoms with Crippen LogP contribution in [0.3, 0.4) is 0 Å². The van der Waals surface area contributed by atoms with Crippen molar-refractivity contribution in [1.29, 1.82) is 0 Å². The van der Waals surface area contributed by atoms with Crippen molar-refractivity contribution in [2.75, 3.05) is 13.7 Å². The Bertz CT molecular complexity index is 574. The molecule has 2 rings (SSSR count). The van der Waals surface area contributed by atoms with Crippen LogP contribution in [0.4, 0.5) is 0 Å². The monoisotopic (exact) mass is 312 g/mol. The molecule has 21 heavy (non-hydrogen) atoms. The molecule has 1 aliphatic rings. The molecule has 1 saturated heterocycles. The molecule has 1 heterocycles. The molecule has 0 unspecified atom stereocenters. The third kappa shape index (κ3) is 4.03. The average molecular weight is 312 g/mol. The second kappa shape index (κ2) is 7.02. The van der Waals surface area contributed by atoms with Gasteiger partial charge in [0.1, 0.15) is 6.04 Å². The molecule has 1 N–H and O–H groups in total. The number of hydrogen-bond acceptors (Lipinski definition) is 4. The lowest BCUT2D eigenvalue weighted by molar-refractivity contribution is -0.146. The first-order valence-electron chi connectivity index (χ1n) is 6.93. The van der Waals surface area contributed by atoms with E-state index >= 15 is 0 Å². The normalized spacial score (nSPS) is 20.1. The zero-order valence-electron chi connectivity index (χ0n) is 12.0. The van der Waals surface area contributed by atoms with Gasteiger partial charge in [-0.05, 0) is 24.8 Å². The fourth-order valence-electron chi connectivity index (χ4n) is 2.42. The molecule has 1 atom stereocenters. The highest BCUT2D eigenvalue weighted by Gasteiger charge is 2.37. The zero-order valence-corrected chi connectivity index (χ0v) is 12.8. The number of nitrogens with zero attached hydrogens (tertiary/aromatic N) is 1. The van der Waals surface area contributed by atoms with Crippen LogP contribution in [0, 0.1) is 0 Å². The molecular formula is C14H20N2O4S. The van der Waals surface area contributed by atoms with E-state index in [2.05, 4.69) is 4.72 Å². The van der Waals surface area contributed by atoms with Gasteiger partial charge in [-0.3, -0.25) is 4.79 Å². The highest BCUT2D eigenvalue weighted by atomic mass is 32.2. The molecule has 0 amide bonds. The molecule has 0 bridgehead atoms. The van der Waals surface area contributed by atoms with E-state index in [1.54, 1.807) is 0 Å².